The molecule has 0 aliphatic carbocycles. The van der Waals surface area contributed by atoms with Crippen molar-refractivity contribution in [2.45, 2.75) is 98.3 Å². The summed E-state index contributed by atoms with van der Waals surface area (Å²) in [6.07, 6.45) is 11.3. The van der Waals surface area contributed by atoms with Crippen LogP contribution in [0.15, 0.2) is 0 Å². The van der Waals surface area contributed by atoms with Crippen LogP contribution < -0.4 is 0 Å². The van der Waals surface area contributed by atoms with Crippen LogP contribution in [0, 0.1) is 10.8 Å². The molecule has 0 bridgehead atoms. The Morgan fingerprint density at radius 2 is 1.09 bits per heavy atom. The van der Waals surface area contributed by atoms with E-state index in [1.807, 2.05) is 13.8 Å². The first-order chi connectivity index (χ1) is 10.6. The third-order valence-electron chi connectivity index (χ3n) is 5.42. The average molecular weight is 328 g/mol. The van der Waals surface area contributed by atoms with Crippen molar-refractivity contribution in [1.82, 2.24) is 0 Å². The Bertz CT molecular complexity index is 358. The molecule has 2 N–H and O–H groups in total. The van der Waals surface area contributed by atoms with Gasteiger partial charge in [0.05, 0.1) is 5.41 Å². The molecular formula is C19H36O4. The summed E-state index contributed by atoms with van der Waals surface area (Å²) in [5, 5.41) is 17.9. The van der Waals surface area contributed by atoms with Gasteiger partial charge in [-0.1, -0.05) is 65.2 Å². The normalized spacial score (nSPS) is 12.3. The summed E-state index contributed by atoms with van der Waals surface area (Å²) < 4.78 is 0. The van der Waals surface area contributed by atoms with Crippen molar-refractivity contribution >= 4 is 11.9 Å². The monoisotopic (exact) mass is 328 g/mol. The van der Waals surface area contributed by atoms with Gasteiger partial charge < -0.3 is 10.2 Å². The first-order valence-electron chi connectivity index (χ1n) is 9.06. The fraction of sp³-hybridized carbons (Fsp3) is 0.895. The van der Waals surface area contributed by atoms with Crippen molar-refractivity contribution in [2.24, 2.45) is 10.8 Å². The van der Waals surface area contributed by atoms with Crippen LogP contribution in [0.25, 0.3) is 0 Å². The molecule has 0 spiro atoms. The van der Waals surface area contributed by atoms with Crippen LogP contribution in [0.5, 0.6) is 0 Å². The van der Waals surface area contributed by atoms with Crippen molar-refractivity contribution in [2.75, 3.05) is 0 Å². The Balaban J connectivity index is 3.59. The highest BCUT2D eigenvalue weighted by Gasteiger charge is 2.42. The number of unbranched alkanes of at least 4 members (excludes halogenated alkanes) is 8. The van der Waals surface area contributed by atoms with Gasteiger partial charge in [-0.25, -0.2) is 0 Å². The van der Waals surface area contributed by atoms with Gasteiger partial charge in [-0.15, -0.1) is 0 Å². The molecule has 0 heterocycles. The van der Waals surface area contributed by atoms with Gasteiger partial charge in [0.1, 0.15) is 0 Å². The molecular weight excluding hydrogens is 292 g/mol. The largest absolute Gasteiger partial charge is 0.481 e. The Labute approximate surface area is 141 Å². The molecule has 4 nitrogen and oxygen atoms in total. The van der Waals surface area contributed by atoms with Crippen LogP contribution in [0.1, 0.15) is 98.3 Å². The van der Waals surface area contributed by atoms with E-state index in [1.54, 1.807) is 0 Å². The molecule has 0 aromatic rings. The maximum Gasteiger partial charge on any atom is 0.309 e. The number of hydrogen-bond acceptors (Lipinski definition) is 2. The van der Waals surface area contributed by atoms with Crippen LogP contribution in [-0.2, 0) is 9.59 Å². The standard InChI is InChI=1S/C19H36O4/c1-18(2,19(3,4)17(22)23)15-13-11-9-7-5-6-8-10-12-14-16(20)21/h5-15H2,1-4H3,(H,20,21)(H,22,23). The number of rotatable bonds is 14. The molecule has 4 heteroatoms. The topological polar surface area (TPSA) is 74.6 Å². The van der Waals surface area contributed by atoms with Crippen molar-refractivity contribution in [3.8, 4) is 0 Å². The summed E-state index contributed by atoms with van der Waals surface area (Å²) in [5.74, 6) is -1.41. The summed E-state index contributed by atoms with van der Waals surface area (Å²) in [4.78, 5) is 21.7. The fourth-order valence-electron chi connectivity index (χ4n) is 2.68. The molecule has 136 valence electrons. The second kappa shape index (κ2) is 10.7. The third-order valence-corrected chi connectivity index (χ3v) is 5.42. The predicted molar refractivity (Wildman–Crippen MR) is 93.6 cm³/mol. The highest BCUT2D eigenvalue weighted by atomic mass is 16.4. The minimum Gasteiger partial charge on any atom is -0.481 e. The van der Waals surface area contributed by atoms with E-state index >= 15 is 0 Å². The summed E-state index contributed by atoms with van der Waals surface area (Å²) >= 11 is 0. The summed E-state index contributed by atoms with van der Waals surface area (Å²) in [6, 6.07) is 0. The molecule has 0 radical (unpaired) electrons. The third kappa shape index (κ3) is 8.97. The zero-order valence-electron chi connectivity index (χ0n) is 15.5. The highest BCUT2D eigenvalue weighted by Crippen LogP contribution is 2.42. The van der Waals surface area contributed by atoms with E-state index in [2.05, 4.69) is 13.8 Å². The van der Waals surface area contributed by atoms with Crippen LogP contribution in [0.2, 0.25) is 0 Å². The lowest BCUT2D eigenvalue weighted by Crippen LogP contribution is -2.39. The SMILES string of the molecule is CC(C)(CCCCCCCCCCCC(=O)O)C(C)(C)C(=O)O. The van der Waals surface area contributed by atoms with Gasteiger partial charge in [0.15, 0.2) is 0 Å². The van der Waals surface area contributed by atoms with Crippen LogP contribution >= 0.6 is 0 Å². The second-order valence-corrected chi connectivity index (χ2v) is 7.89. The Kier molecular flexibility index (Phi) is 10.2. The molecule has 0 aromatic carbocycles. The molecule has 0 saturated carbocycles. The van der Waals surface area contributed by atoms with Gasteiger partial charge in [-0.05, 0) is 32.1 Å². The Hall–Kier alpha value is -1.06. The molecule has 0 atom stereocenters. The molecule has 23 heavy (non-hydrogen) atoms. The fourth-order valence-corrected chi connectivity index (χ4v) is 2.68. The van der Waals surface area contributed by atoms with Gasteiger partial charge in [0.25, 0.3) is 0 Å². The minimum absolute atomic E-state index is 0.191. The summed E-state index contributed by atoms with van der Waals surface area (Å²) in [6.45, 7) is 7.75. The zero-order chi connectivity index (χ0) is 17.9. The van der Waals surface area contributed by atoms with E-state index in [-0.39, 0.29) is 5.41 Å². The van der Waals surface area contributed by atoms with Crippen molar-refractivity contribution < 1.29 is 19.8 Å². The van der Waals surface area contributed by atoms with Gasteiger partial charge >= 0.3 is 11.9 Å². The van der Waals surface area contributed by atoms with E-state index in [1.165, 1.54) is 25.7 Å². The highest BCUT2D eigenvalue weighted by molar-refractivity contribution is 5.74. The van der Waals surface area contributed by atoms with Gasteiger partial charge in [0.2, 0.25) is 0 Å². The van der Waals surface area contributed by atoms with E-state index in [0.717, 1.165) is 38.5 Å². The Morgan fingerprint density at radius 3 is 1.48 bits per heavy atom. The molecule has 0 aliphatic heterocycles. The quantitative estimate of drug-likeness (QED) is 0.413. The van der Waals surface area contributed by atoms with Gasteiger partial charge in [0, 0.05) is 6.42 Å². The maximum absolute atomic E-state index is 11.4. The first kappa shape index (κ1) is 21.9. The van der Waals surface area contributed by atoms with Crippen LogP contribution in [-0.4, -0.2) is 22.2 Å². The number of hydrogen-bond donors (Lipinski definition) is 2. The van der Waals surface area contributed by atoms with Crippen molar-refractivity contribution in [1.29, 1.82) is 0 Å². The lowest BCUT2D eigenvalue weighted by atomic mass is 9.65. The lowest BCUT2D eigenvalue weighted by Gasteiger charge is -2.38. The smallest absolute Gasteiger partial charge is 0.309 e. The van der Waals surface area contributed by atoms with Gasteiger partial charge in [-0.2, -0.15) is 0 Å². The van der Waals surface area contributed by atoms with Crippen molar-refractivity contribution in [3.63, 3.8) is 0 Å². The van der Waals surface area contributed by atoms with Crippen LogP contribution in [0.4, 0.5) is 0 Å². The molecule has 0 unspecified atom stereocenters. The maximum atomic E-state index is 11.4. The summed E-state index contributed by atoms with van der Waals surface area (Å²) in [7, 11) is 0. The molecule has 0 aliphatic rings. The van der Waals surface area contributed by atoms with E-state index < -0.39 is 17.4 Å². The molecule has 0 saturated heterocycles. The molecule has 0 rings (SSSR count). The zero-order valence-corrected chi connectivity index (χ0v) is 15.5. The van der Waals surface area contributed by atoms with E-state index in [4.69, 9.17) is 5.11 Å². The second-order valence-electron chi connectivity index (χ2n) is 7.89. The van der Waals surface area contributed by atoms with E-state index in [9.17, 15) is 14.7 Å². The summed E-state index contributed by atoms with van der Waals surface area (Å²) in [5.41, 5.74) is -0.883. The molecule has 0 fully saturated rings. The lowest BCUT2D eigenvalue weighted by molar-refractivity contribution is -0.154. The number of carboxylic acids is 2. The van der Waals surface area contributed by atoms with E-state index in [0.29, 0.717) is 6.42 Å². The molecule has 0 aromatic heterocycles. The number of aliphatic carboxylic acids is 2. The number of carbonyl (C=O) groups is 2. The van der Waals surface area contributed by atoms with Crippen LogP contribution in [0.3, 0.4) is 0 Å². The van der Waals surface area contributed by atoms with Gasteiger partial charge in [-0.3, -0.25) is 9.59 Å². The average Bonchev–Trinajstić information content (AvgIpc) is 2.43. The minimum atomic E-state index is -0.717. The predicted octanol–water partition coefficient (Wildman–Crippen LogP) is 5.50. The number of carboxylic acid groups (broad SMARTS) is 2. The first-order valence-corrected chi connectivity index (χ1v) is 9.06. The Morgan fingerprint density at radius 1 is 0.696 bits per heavy atom. The van der Waals surface area contributed by atoms with Crippen molar-refractivity contribution in [3.05, 3.63) is 0 Å². The molecule has 0 amide bonds.